The molecule has 2 amide bonds. The first-order chi connectivity index (χ1) is 11.4. The maximum absolute atomic E-state index is 13.1. The van der Waals surface area contributed by atoms with Crippen molar-refractivity contribution in [3.8, 4) is 0 Å². The number of nitrogens with zero attached hydrogens (tertiary/aromatic N) is 1. The van der Waals surface area contributed by atoms with Gasteiger partial charge < -0.3 is 15.4 Å². The average Bonchev–Trinajstić information content (AvgIpc) is 2.58. The fourth-order valence-electron chi connectivity index (χ4n) is 2.55. The molecule has 1 saturated heterocycles. The smallest absolute Gasteiger partial charge is 0.251 e. The Labute approximate surface area is 141 Å². The number of amides is 2. The molecular formula is C17H24FN3O3. The predicted octanol–water partition coefficient (Wildman–Crippen LogP) is 0.782. The Morgan fingerprint density at radius 1 is 1.25 bits per heavy atom. The highest BCUT2D eigenvalue weighted by Crippen LogP contribution is 2.14. The molecule has 0 bridgehead atoms. The number of morpholine rings is 1. The third-order valence-electron chi connectivity index (χ3n) is 4.08. The summed E-state index contributed by atoms with van der Waals surface area (Å²) in [5, 5.41) is 5.32. The molecule has 0 aliphatic carbocycles. The number of nitrogens with one attached hydrogen (secondary N) is 2. The van der Waals surface area contributed by atoms with Crippen LogP contribution in [0, 0.1) is 5.82 Å². The molecule has 2 N–H and O–H groups in total. The summed E-state index contributed by atoms with van der Waals surface area (Å²) in [6, 6.07) is 5.35. The Bertz CT molecular complexity index is 586. The van der Waals surface area contributed by atoms with Crippen LogP contribution >= 0.6 is 0 Å². The lowest BCUT2D eigenvalue weighted by atomic mass is 10.0. The summed E-state index contributed by atoms with van der Waals surface area (Å²) < 4.78 is 18.4. The van der Waals surface area contributed by atoms with Crippen molar-refractivity contribution in [3.05, 3.63) is 35.6 Å². The van der Waals surface area contributed by atoms with Crippen LogP contribution in [0.2, 0.25) is 0 Å². The second-order valence-electron chi connectivity index (χ2n) is 6.38. The lowest BCUT2D eigenvalue weighted by Crippen LogP contribution is -2.56. The Morgan fingerprint density at radius 2 is 1.96 bits per heavy atom. The first-order valence-electron chi connectivity index (χ1n) is 8.02. The number of halogens is 1. The molecule has 2 rings (SSSR count). The molecule has 1 fully saturated rings. The molecule has 0 atom stereocenters. The molecule has 1 aliphatic heterocycles. The molecule has 1 heterocycles. The fourth-order valence-corrected chi connectivity index (χ4v) is 2.55. The highest BCUT2D eigenvalue weighted by Gasteiger charge is 2.28. The standard InChI is InChI=1S/C17H24FN3O3/c1-17(2,21-6-8-24-9-7-21)12-20-15(22)11-19-16(23)13-4-3-5-14(18)10-13/h3-5,10H,6-9,11-12H2,1-2H3,(H,19,23)(H,20,22). The second-order valence-corrected chi connectivity index (χ2v) is 6.38. The van der Waals surface area contributed by atoms with Crippen LogP contribution in [0.5, 0.6) is 0 Å². The van der Waals surface area contributed by atoms with E-state index in [0.717, 1.165) is 19.2 Å². The van der Waals surface area contributed by atoms with Gasteiger partial charge in [-0.05, 0) is 32.0 Å². The molecule has 0 radical (unpaired) electrons. The predicted molar refractivity (Wildman–Crippen MR) is 88.2 cm³/mol. The van der Waals surface area contributed by atoms with Crippen LogP contribution in [0.3, 0.4) is 0 Å². The molecule has 1 aromatic carbocycles. The van der Waals surface area contributed by atoms with Crippen LogP contribution in [0.4, 0.5) is 4.39 Å². The number of benzene rings is 1. The molecule has 1 aliphatic rings. The van der Waals surface area contributed by atoms with Crippen molar-refractivity contribution in [1.29, 1.82) is 0 Å². The minimum Gasteiger partial charge on any atom is -0.379 e. The van der Waals surface area contributed by atoms with Gasteiger partial charge in [0.25, 0.3) is 5.91 Å². The SMILES string of the molecule is CC(C)(CNC(=O)CNC(=O)c1cccc(F)c1)N1CCOCC1. The van der Waals surface area contributed by atoms with Crippen molar-refractivity contribution in [2.24, 2.45) is 0 Å². The third kappa shape index (κ3) is 5.28. The maximum Gasteiger partial charge on any atom is 0.251 e. The van der Waals surface area contributed by atoms with Crippen LogP contribution in [0.15, 0.2) is 24.3 Å². The molecule has 0 spiro atoms. The van der Waals surface area contributed by atoms with Crippen molar-refractivity contribution in [2.75, 3.05) is 39.4 Å². The maximum atomic E-state index is 13.1. The van der Waals surface area contributed by atoms with Gasteiger partial charge >= 0.3 is 0 Å². The number of hydrogen-bond acceptors (Lipinski definition) is 4. The largest absolute Gasteiger partial charge is 0.379 e. The van der Waals surface area contributed by atoms with Gasteiger partial charge in [-0.25, -0.2) is 4.39 Å². The van der Waals surface area contributed by atoms with E-state index < -0.39 is 11.7 Å². The summed E-state index contributed by atoms with van der Waals surface area (Å²) in [5.74, 6) is -1.24. The molecule has 6 nitrogen and oxygen atoms in total. The van der Waals surface area contributed by atoms with Gasteiger partial charge in [-0.15, -0.1) is 0 Å². The first kappa shape index (κ1) is 18.4. The van der Waals surface area contributed by atoms with E-state index in [-0.39, 0.29) is 23.6 Å². The molecule has 0 aromatic heterocycles. The number of carbonyl (C=O) groups excluding carboxylic acids is 2. The lowest BCUT2D eigenvalue weighted by molar-refractivity contribution is -0.120. The molecule has 7 heteroatoms. The Kier molecular flexibility index (Phi) is 6.28. The van der Waals surface area contributed by atoms with Crippen molar-refractivity contribution < 1.29 is 18.7 Å². The number of rotatable bonds is 6. The summed E-state index contributed by atoms with van der Waals surface area (Å²) in [5.41, 5.74) is 0.00267. The third-order valence-corrected chi connectivity index (χ3v) is 4.08. The van der Waals surface area contributed by atoms with Gasteiger partial charge in [-0.3, -0.25) is 14.5 Å². The summed E-state index contributed by atoms with van der Waals surface area (Å²) in [6.07, 6.45) is 0. The van der Waals surface area contributed by atoms with Gasteiger partial charge in [-0.2, -0.15) is 0 Å². The van der Waals surface area contributed by atoms with Crippen LogP contribution < -0.4 is 10.6 Å². The van der Waals surface area contributed by atoms with Gasteiger partial charge in [0.1, 0.15) is 5.82 Å². The van der Waals surface area contributed by atoms with Crippen LogP contribution in [0.25, 0.3) is 0 Å². The summed E-state index contributed by atoms with van der Waals surface area (Å²) in [7, 11) is 0. The lowest BCUT2D eigenvalue weighted by Gasteiger charge is -2.40. The quantitative estimate of drug-likeness (QED) is 0.805. The van der Waals surface area contributed by atoms with Crippen LogP contribution in [-0.4, -0.2) is 61.6 Å². The monoisotopic (exact) mass is 337 g/mol. The van der Waals surface area contributed by atoms with Crippen molar-refractivity contribution in [3.63, 3.8) is 0 Å². The highest BCUT2D eigenvalue weighted by molar-refractivity contribution is 5.96. The topological polar surface area (TPSA) is 70.7 Å². The van der Waals surface area contributed by atoms with E-state index in [9.17, 15) is 14.0 Å². The molecule has 0 saturated carbocycles. The Hall–Kier alpha value is -1.99. The highest BCUT2D eigenvalue weighted by atomic mass is 19.1. The summed E-state index contributed by atoms with van der Waals surface area (Å²) >= 11 is 0. The van der Waals surface area contributed by atoms with Gasteiger partial charge in [0.2, 0.25) is 5.91 Å². The zero-order chi connectivity index (χ0) is 17.6. The van der Waals surface area contributed by atoms with E-state index in [1.54, 1.807) is 0 Å². The van der Waals surface area contributed by atoms with E-state index in [4.69, 9.17) is 4.74 Å². The second kappa shape index (κ2) is 8.21. The van der Waals surface area contributed by atoms with E-state index >= 15 is 0 Å². The van der Waals surface area contributed by atoms with Crippen LogP contribution in [-0.2, 0) is 9.53 Å². The zero-order valence-corrected chi connectivity index (χ0v) is 14.1. The molecular weight excluding hydrogens is 313 g/mol. The fraction of sp³-hybridized carbons (Fsp3) is 0.529. The Morgan fingerprint density at radius 3 is 2.62 bits per heavy atom. The number of ether oxygens (including phenoxy) is 1. The first-order valence-corrected chi connectivity index (χ1v) is 8.02. The summed E-state index contributed by atoms with van der Waals surface area (Å²) in [4.78, 5) is 26.1. The minimum atomic E-state index is -0.487. The van der Waals surface area contributed by atoms with Crippen LogP contribution in [0.1, 0.15) is 24.2 Å². The van der Waals surface area contributed by atoms with Crippen molar-refractivity contribution in [2.45, 2.75) is 19.4 Å². The Balaban J connectivity index is 1.75. The number of hydrogen-bond donors (Lipinski definition) is 2. The van der Waals surface area contributed by atoms with E-state index in [1.807, 2.05) is 0 Å². The van der Waals surface area contributed by atoms with E-state index in [2.05, 4.69) is 29.4 Å². The van der Waals surface area contributed by atoms with Gasteiger partial charge in [0, 0.05) is 30.7 Å². The molecule has 1 aromatic rings. The molecule has 24 heavy (non-hydrogen) atoms. The van der Waals surface area contributed by atoms with Gasteiger partial charge in [-0.1, -0.05) is 6.07 Å². The average molecular weight is 337 g/mol. The molecule has 0 unspecified atom stereocenters. The van der Waals surface area contributed by atoms with Crippen molar-refractivity contribution >= 4 is 11.8 Å². The zero-order valence-electron chi connectivity index (χ0n) is 14.1. The van der Waals surface area contributed by atoms with Crippen molar-refractivity contribution in [1.82, 2.24) is 15.5 Å². The normalized spacial score (nSPS) is 15.8. The minimum absolute atomic E-state index is 0.144. The van der Waals surface area contributed by atoms with E-state index in [0.29, 0.717) is 19.8 Å². The number of carbonyl (C=O) groups is 2. The van der Waals surface area contributed by atoms with Gasteiger partial charge in [0.05, 0.1) is 19.8 Å². The summed E-state index contributed by atoms with van der Waals surface area (Å²) in [6.45, 7) is 7.50. The van der Waals surface area contributed by atoms with E-state index in [1.165, 1.54) is 18.2 Å². The van der Waals surface area contributed by atoms with Gasteiger partial charge in [0.15, 0.2) is 0 Å². The molecule has 132 valence electrons.